The van der Waals surface area contributed by atoms with Crippen LogP contribution in [-0.2, 0) is 10.0 Å². The summed E-state index contributed by atoms with van der Waals surface area (Å²) >= 11 is 0. The molecular weight excluding hydrogens is 348 g/mol. The molecular formula is C20H24N2O3S. The molecule has 2 aromatic carbocycles. The van der Waals surface area contributed by atoms with Crippen LogP contribution in [0.3, 0.4) is 0 Å². The second kappa shape index (κ2) is 6.76. The molecule has 1 atom stereocenters. The van der Waals surface area contributed by atoms with E-state index in [0.29, 0.717) is 16.8 Å². The van der Waals surface area contributed by atoms with Crippen molar-refractivity contribution in [1.29, 1.82) is 0 Å². The summed E-state index contributed by atoms with van der Waals surface area (Å²) in [4.78, 5) is 12.9. The molecule has 0 saturated carbocycles. The molecule has 1 amide bonds. The molecule has 0 aliphatic carbocycles. The molecule has 1 aliphatic rings. The van der Waals surface area contributed by atoms with Gasteiger partial charge in [0.25, 0.3) is 15.9 Å². The predicted octanol–water partition coefficient (Wildman–Crippen LogP) is 3.72. The summed E-state index contributed by atoms with van der Waals surface area (Å²) in [6.07, 6.45) is 1.92. The zero-order chi connectivity index (χ0) is 19.1. The molecule has 0 radical (unpaired) electrons. The third kappa shape index (κ3) is 2.98. The average Bonchev–Trinajstić information content (AvgIpc) is 2.59. The molecule has 2 aromatic rings. The van der Waals surface area contributed by atoms with E-state index in [2.05, 4.69) is 12.2 Å². The average molecular weight is 372 g/mol. The van der Waals surface area contributed by atoms with E-state index < -0.39 is 10.0 Å². The first-order valence-electron chi connectivity index (χ1n) is 8.81. The van der Waals surface area contributed by atoms with Crippen molar-refractivity contribution in [1.82, 2.24) is 5.32 Å². The lowest BCUT2D eigenvalue weighted by Gasteiger charge is -2.31. The second-order valence-electron chi connectivity index (χ2n) is 6.82. The highest BCUT2D eigenvalue weighted by atomic mass is 32.2. The fraction of sp³-hybridized carbons (Fsp3) is 0.350. The van der Waals surface area contributed by atoms with Crippen molar-refractivity contribution in [2.24, 2.45) is 0 Å². The molecule has 1 heterocycles. The fourth-order valence-electron chi connectivity index (χ4n) is 3.53. The molecule has 3 rings (SSSR count). The van der Waals surface area contributed by atoms with Crippen LogP contribution in [0.2, 0.25) is 0 Å². The minimum atomic E-state index is -3.58. The molecule has 0 spiro atoms. The maximum absolute atomic E-state index is 12.8. The van der Waals surface area contributed by atoms with Gasteiger partial charge in [-0.3, -0.25) is 9.10 Å². The number of fused-ring (bicyclic) bond motifs is 3. The number of aryl methyl sites for hydroxylation is 1. The maximum Gasteiger partial charge on any atom is 0.264 e. The van der Waals surface area contributed by atoms with E-state index in [1.807, 2.05) is 19.9 Å². The molecule has 0 unspecified atom stereocenters. The van der Waals surface area contributed by atoms with Gasteiger partial charge in [0.05, 0.1) is 10.6 Å². The SMILES string of the molecule is CCC[C@H](C)NC(=O)c1cc(C)c2c(c1)-c1ccccc1S(=O)(=O)N2C. The Morgan fingerprint density at radius 2 is 1.88 bits per heavy atom. The molecule has 1 N–H and O–H groups in total. The lowest BCUT2D eigenvalue weighted by atomic mass is 9.96. The van der Waals surface area contributed by atoms with E-state index in [9.17, 15) is 13.2 Å². The topological polar surface area (TPSA) is 66.5 Å². The third-order valence-corrected chi connectivity index (χ3v) is 6.61. The molecule has 0 fully saturated rings. The van der Waals surface area contributed by atoms with Crippen molar-refractivity contribution in [3.63, 3.8) is 0 Å². The number of nitrogens with zero attached hydrogens (tertiary/aromatic N) is 1. The molecule has 26 heavy (non-hydrogen) atoms. The van der Waals surface area contributed by atoms with Gasteiger partial charge in [-0.25, -0.2) is 8.42 Å². The van der Waals surface area contributed by atoms with Crippen LogP contribution in [0.1, 0.15) is 42.6 Å². The smallest absolute Gasteiger partial charge is 0.264 e. The Morgan fingerprint density at radius 1 is 1.19 bits per heavy atom. The van der Waals surface area contributed by atoms with Crippen LogP contribution in [0.4, 0.5) is 5.69 Å². The van der Waals surface area contributed by atoms with E-state index in [1.54, 1.807) is 37.4 Å². The number of hydrogen-bond donors (Lipinski definition) is 1. The predicted molar refractivity (Wildman–Crippen MR) is 104 cm³/mol. The first-order chi connectivity index (χ1) is 12.3. The zero-order valence-corrected chi connectivity index (χ0v) is 16.4. The van der Waals surface area contributed by atoms with Crippen LogP contribution in [0, 0.1) is 6.92 Å². The molecule has 5 nitrogen and oxygen atoms in total. The van der Waals surface area contributed by atoms with Crippen molar-refractivity contribution in [3.8, 4) is 11.1 Å². The summed E-state index contributed by atoms with van der Waals surface area (Å²) in [5, 5.41) is 3.01. The van der Waals surface area contributed by atoms with Gasteiger partial charge in [-0.05, 0) is 44.0 Å². The number of benzene rings is 2. The van der Waals surface area contributed by atoms with Crippen molar-refractivity contribution in [2.75, 3.05) is 11.4 Å². The monoisotopic (exact) mass is 372 g/mol. The Hall–Kier alpha value is -2.34. The number of anilines is 1. The quantitative estimate of drug-likeness (QED) is 0.889. The van der Waals surface area contributed by atoms with Crippen LogP contribution >= 0.6 is 0 Å². The highest BCUT2D eigenvalue weighted by molar-refractivity contribution is 7.93. The molecule has 0 saturated heterocycles. The lowest BCUT2D eigenvalue weighted by Crippen LogP contribution is -2.33. The Bertz CT molecular complexity index is 967. The van der Waals surface area contributed by atoms with Crippen LogP contribution in [-0.4, -0.2) is 27.4 Å². The summed E-state index contributed by atoms with van der Waals surface area (Å²) in [7, 11) is -2.03. The zero-order valence-electron chi connectivity index (χ0n) is 15.5. The van der Waals surface area contributed by atoms with Crippen LogP contribution < -0.4 is 9.62 Å². The fourth-order valence-corrected chi connectivity index (χ4v) is 5.01. The van der Waals surface area contributed by atoms with E-state index in [1.165, 1.54) is 4.31 Å². The van der Waals surface area contributed by atoms with E-state index >= 15 is 0 Å². The number of amides is 1. The lowest BCUT2D eigenvalue weighted by molar-refractivity contribution is 0.0938. The van der Waals surface area contributed by atoms with Gasteiger partial charge in [0.2, 0.25) is 0 Å². The van der Waals surface area contributed by atoms with Gasteiger partial charge in [-0.2, -0.15) is 0 Å². The Labute approximate surface area is 155 Å². The van der Waals surface area contributed by atoms with Gasteiger partial charge in [-0.15, -0.1) is 0 Å². The molecule has 0 aromatic heterocycles. The van der Waals surface area contributed by atoms with E-state index in [-0.39, 0.29) is 16.8 Å². The highest BCUT2D eigenvalue weighted by Crippen LogP contribution is 2.44. The number of carbonyl (C=O) groups is 1. The number of rotatable bonds is 4. The van der Waals surface area contributed by atoms with Crippen molar-refractivity contribution >= 4 is 21.6 Å². The normalized spacial score (nSPS) is 15.8. The van der Waals surface area contributed by atoms with Crippen molar-refractivity contribution in [3.05, 3.63) is 47.5 Å². The Morgan fingerprint density at radius 3 is 2.58 bits per heavy atom. The van der Waals surface area contributed by atoms with E-state index in [0.717, 1.165) is 24.0 Å². The largest absolute Gasteiger partial charge is 0.350 e. The van der Waals surface area contributed by atoms with Gasteiger partial charge < -0.3 is 5.32 Å². The molecule has 138 valence electrons. The summed E-state index contributed by atoms with van der Waals surface area (Å²) in [6, 6.07) is 10.6. The van der Waals surface area contributed by atoms with Crippen LogP contribution in [0.25, 0.3) is 11.1 Å². The summed E-state index contributed by atoms with van der Waals surface area (Å²) in [5.74, 6) is -0.134. The van der Waals surface area contributed by atoms with E-state index in [4.69, 9.17) is 0 Å². The standard InChI is InChI=1S/C20H24N2O3S/c1-5-8-14(3)21-20(23)15-11-13(2)19-17(12-15)16-9-6-7-10-18(16)26(24,25)22(19)4/h6-7,9-12,14H,5,8H2,1-4H3,(H,21,23)/t14-/m0/s1. The first kappa shape index (κ1) is 18.5. The number of carbonyl (C=O) groups excluding carboxylic acids is 1. The van der Waals surface area contributed by atoms with Crippen molar-refractivity contribution < 1.29 is 13.2 Å². The van der Waals surface area contributed by atoms with Crippen LogP contribution in [0.15, 0.2) is 41.3 Å². The summed E-state index contributed by atoms with van der Waals surface area (Å²) < 4.78 is 26.9. The number of nitrogens with one attached hydrogen (secondary N) is 1. The third-order valence-electron chi connectivity index (χ3n) is 4.79. The van der Waals surface area contributed by atoms with Crippen molar-refractivity contribution in [2.45, 2.75) is 44.6 Å². The molecule has 1 aliphatic heterocycles. The van der Waals surface area contributed by atoms with Gasteiger partial charge in [-0.1, -0.05) is 31.5 Å². The minimum absolute atomic E-state index is 0.0965. The Kier molecular flexibility index (Phi) is 4.80. The van der Waals surface area contributed by atoms with Gasteiger partial charge >= 0.3 is 0 Å². The molecule has 6 heteroatoms. The van der Waals surface area contributed by atoms with Crippen LogP contribution in [0.5, 0.6) is 0 Å². The minimum Gasteiger partial charge on any atom is -0.350 e. The second-order valence-corrected chi connectivity index (χ2v) is 8.76. The van der Waals surface area contributed by atoms with Gasteiger partial charge in [0, 0.05) is 29.8 Å². The number of hydrogen-bond acceptors (Lipinski definition) is 3. The summed E-state index contributed by atoms with van der Waals surface area (Å²) in [5.41, 5.74) is 3.34. The van der Waals surface area contributed by atoms with Gasteiger partial charge in [0.1, 0.15) is 0 Å². The first-order valence-corrected chi connectivity index (χ1v) is 10.2. The molecule has 0 bridgehead atoms. The Balaban J connectivity index is 2.13. The summed E-state index contributed by atoms with van der Waals surface area (Å²) in [6.45, 7) is 5.91. The number of sulfonamides is 1. The maximum atomic E-state index is 12.8. The van der Waals surface area contributed by atoms with Gasteiger partial charge in [0.15, 0.2) is 0 Å². The highest BCUT2D eigenvalue weighted by Gasteiger charge is 2.33.